The fraction of sp³-hybridized carbons (Fsp3) is 0.789. The number of nitrogens with zero attached hydrogens (tertiary/aromatic N) is 1. The van der Waals surface area contributed by atoms with Gasteiger partial charge < -0.3 is 11.5 Å². The first kappa shape index (κ1) is 27.6. The fourth-order valence-corrected chi connectivity index (χ4v) is 2.85. The summed E-state index contributed by atoms with van der Waals surface area (Å²) in [6.07, 6.45) is 11.5. The lowest BCUT2D eigenvalue weighted by molar-refractivity contribution is -0.125. The molecule has 0 heterocycles. The zero-order valence-electron chi connectivity index (χ0n) is 16.6. The normalized spacial score (nSPS) is 10.1. The second-order valence-corrected chi connectivity index (χ2v) is 6.85. The van der Waals surface area contributed by atoms with E-state index in [1.165, 1.54) is 11.8 Å². The van der Waals surface area contributed by atoms with Crippen LogP contribution in [0.5, 0.6) is 0 Å². The summed E-state index contributed by atoms with van der Waals surface area (Å²) < 4.78 is 0. The highest BCUT2D eigenvalue weighted by atomic mass is 35.5. The van der Waals surface area contributed by atoms with Crippen molar-refractivity contribution in [1.29, 1.82) is 5.41 Å². The summed E-state index contributed by atoms with van der Waals surface area (Å²) in [6.45, 7) is 1.84. The van der Waals surface area contributed by atoms with Crippen LogP contribution in [-0.4, -0.2) is 35.0 Å². The van der Waals surface area contributed by atoms with Gasteiger partial charge in [-0.05, 0) is 25.7 Å². The van der Waals surface area contributed by atoms with E-state index in [0.29, 0.717) is 31.6 Å². The summed E-state index contributed by atoms with van der Waals surface area (Å²) in [7, 11) is 0. The number of nitrogens with two attached hydrogens (primary N) is 2. The molecule has 0 aromatic heterocycles. The number of ketones is 1. The highest BCUT2D eigenvalue weighted by molar-refractivity contribution is 5.93. The van der Waals surface area contributed by atoms with Crippen molar-refractivity contribution in [3.8, 4) is 0 Å². The minimum atomic E-state index is -0.224. The Bertz CT molecular complexity index is 444. The summed E-state index contributed by atoms with van der Waals surface area (Å²) in [5, 5.41) is 7.32. The lowest BCUT2D eigenvalue weighted by Gasteiger charge is -2.18. The average molecular weight is 405 g/mol. The number of carbonyl (C=O) groups excluding carboxylic acids is 3. The molecule has 2 amide bonds. The van der Waals surface area contributed by atoms with Gasteiger partial charge in [0.05, 0.1) is 0 Å². The molecule has 0 aliphatic carbocycles. The van der Waals surface area contributed by atoms with Gasteiger partial charge in [0.1, 0.15) is 5.78 Å². The van der Waals surface area contributed by atoms with E-state index in [0.717, 1.165) is 64.2 Å². The van der Waals surface area contributed by atoms with Crippen molar-refractivity contribution in [3.63, 3.8) is 0 Å². The molecular weight excluding hydrogens is 368 g/mol. The smallest absolute Gasteiger partial charge is 0.226 e. The second-order valence-electron chi connectivity index (χ2n) is 6.85. The van der Waals surface area contributed by atoms with Gasteiger partial charge in [-0.2, -0.15) is 0 Å². The van der Waals surface area contributed by atoms with Gasteiger partial charge in [-0.3, -0.25) is 24.7 Å². The molecule has 0 rings (SSSR count). The van der Waals surface area contributed by atoms with E-state index in [9.17, 15) is 14.4 Å². The summed E-state index contributed by atoms with van der Waals surface area (Å²) in [4.78, 5) is 34.9. The molecule has 0 radical (unpaired) electrons. The van der Waals surface area contributed by atoms with Crippen molar-refractivity contribution in [2.24, 2.45) is 11.5 Å². The van der Waals surface area contributed by atoms with E-state index in [-0.39, 0.29) is 30.2 Å². The number of primary amides is 1. The first-order valence-electron chi connectivity index (χ1n) is 9.76. The standard InChI is InChI=1S/C19H36N4O3.ClH/c1-16(24)23(19(21)22)15-11-7-9-13-17(25)12-8-5-3-2-4-6-10-14-18(20)26;/h2-15H2,1H3,(H2,20,26)(H3,21,22);1H. The Kier molecular flexibility index (Phi) is 18.2. The van der Waals surface area contributed by atoms with Crippen LogP contribution >= 0.6 is 12.4 Å². The maximum atomic E-state index is 11.8. The second kappa shape index (κ2) is 17.8. The molecule has 7 nitrogen and oxygen atoms in total. The maximum absolute atomic E-state index is 11.8. The summed E-state index contributed by atoms with van der Waals surface area (Å²) in [5.41, 5.74) is 10.4. The van der Waals surface area contributed by atoms with Gasteiger partial charge in [0.25, 0.3) is 0 Å². The SMILES string of the molecule is CC(=O)N(CCCCCC(=O)CCCCCCCCCC(N)=O)C(=N)N.Cl. The van der Waals surface area contributed by atoms with E-state index < -0.39 is 0 Å². The first-order chi connectivity index (χ1) is 12.3. The number of guanidine groups is 1. The molecule has 0 saturated carbocycles. The minimum Gasteiger partial charge on any atom is -0.370 e. The number of rotatable bonds is 16. The zero-order valence-corrected chi connectivity index (χ0v) is 17.5. The van der Waals surface area contributed by atoms with Gasteiger partial charge in [0.2, 0.25) is 11.8 Å². The fourth-order valence-electron chi connectivity index (χ4n) is 2.85. The topological polar surface area (TPSA) is 130 Å². The monoisotopic (exact) mass is 404 g/mol. The molecule has 5 N–H and O–H groups in total. The van der Waals surface area contributed by atoms with E-state index in [2.05, 4.69) is 0 Å². The predicted molar refractivity (Wildman–Crippen MR) is 111 cm³/mol. The number of unbranched alkanes of at least 4 members (excludes halogenated alkanes) is 8. The molecule has 0 aromatic rings. The molecule has 0 spiro atoms. The molecule has 0 unspecified atom stereocenters. The van der Waals surface area contributed by atoms with E-state index in [1.807, 2.05) is 0 Å². The molecule has 0 atom stereocenters. The maximum Gasteiger partial charge on any atom is 0.226 e. The van der Waals surface area contributed by atoms with Crippen molar-refractivity contribution >= 4 is 36.0 Å². The lowest BCUT2D eigenvalue weighted by atomic mass is 10.0. The number of Topliss-reactive ketones (excluding diaryl/α,β-unsaturated/α-hetero) is 1. The Morgan fingerprint density at radius 1 is 0.741 bits per heavy atom. The highest BCUT2D eigenvalue weighted by Crippen LogP contribution is 2.11. The van der Waals surface area contributed by atoms with Gasteiger partial charge in [0, 0.05) is 32.7 Å². The highest BCUT2D eigenvalue weighted by Gasteiger charge is 2.10. The molecule has 0 fully saturated rings. The van der Waals surface area contributed by atoms with Crippen molar-refractivity contribution in [1.82, 2.24) is 4.90 Å². The molecule has 0 saturated heterocycles. The van der Waals surface area contributed by atoms with Crippen LogP contribution in [0.4, 0.5) is 0 Å². The quantitative estimate of drug-likeness (QED) is 0.207. The Labute approximate surface area is 169 Å². The minimum absolute atomic E-state index is 0. The number of hydrogen-bond acceptors (Lipinski definition) is 4. The van der Waals surface area contributed by atoms with E-state index in [4.69, 9.17) is 16.9 Å². The van der Waals surface area contributed by atoms with E-state index >= 15 is 0 Å². The van der Waals surface area contributed by atoms with E-state index in [1.54, 1.807) is 0 Å². The molecule has 8 heteroatoms. The molecule has 0 aromatic carbocycles. The Hall–Kier alpha value is -1.63. The van der Waals surface area contributed by atoms with Crippen LogP contribution in [0.2, 0.25) is 0 Å². The molecular formula is C19H37ClN4O3. The molecule has 0 aliphatic heterocycles. The van der Waals surface area contributed by atoms with Crippen LogP contribution in [0.15, 0.2) is 0 Å². The third kappa shape index (κ3) is 17.5. The molecule has 0 aliphatic rings. The molecule has 158 valence electrons. The Morgan fingerprint density at radius 2 is 1.15 bits per heavy atom. The van der Waals surface area contributed by atoms with Gasteiger partial charge >= 0.3 is 0 Å². The zero-order chi connectivity index (χ0) is 19.8. The van der Waals surface area contributed by atoms with Gasteiger partial charge in [0.15, 0.2) is 5.96 Å². The van der Waals surface area contributed by atoms with Gasteiger partial charge in [-0.25, -0.2) is 0 Å². The summed E-state index contributed by atoms with van der Waals surface area (Å²) in [6, 6.07) is 0. The summed E-state index contributed by atoms with van der Waals surface area (Å²) in [5.74, 6) is -0.358. The number of carbonyl (C=O) groups is 3. The average Bonchev–Trinajstić information content (AvgIpc) is 2.55. The lowest BCUT2D eigenvalue weighted by Crippen LogP contribution is -2.40. The number of amides is 2. The van der Waals surface area contributed by atoms with Crippen LogP contribution in [0.1, 0.15) is 90.4 Å². The van der Waals surface area contributed by atoms with Crippen LogP contribution in [0, 0.1) is 5.41 Å². The third-order valence-electron chi connectivity index (χ3n) is 4.39. The largest absolute Gasteiger partial charge is 0.370 e. The Balaban J connectivity index is 0. The van der Waals surface area contributed by atoms with Crippen molar-refractivity contribution < 1.29 is 14.4 Å². The third-order valence-corrected chi connectivity index (χ3v) is 4.39. The predicted octanol–water partition coefficient (Wildman–Crippen LogP) is 3.28. The molecule has 0 bridgehead atoms. The first-order valence-corrected chi connectivity index (χ1v) is 9.76. The Morgan fingerprint density at radius 3 is 1.56 bits per heavy atom. The van der Waals surface area contributed by atoms with Gasteiger partial charge in [-0.15, -0.1) is 12.4 Å². The van der Waals surface area contributed by atoms with Crippen molar-refractivity contribution in [3.05, 3.63) is 0 Å². The molecule has 27 heavy (non-hydrogen) atoms. The van der Waals surface area contributed by atoms with Gasteiger partial charge in [-0.1, -0.05) is 38.5 Å². The number of nitrogens with one attached hydrogen (secondary N) is 1. The van der Waals surface area contributed by atoms with Crippen LogP contribution in [-0.2, 0) is 14.4 Å². The van der Waals surface area contributed by atoms with Crippen LogP contribution in [0.25, 0.3) is 0 Å². The van der Waals surface area contributed by atoms with Crippen LogP contribution < -0.4 is 11.5 Å². The summed E-state index contributed by atoms with van der Waals surface area (Å²) >= 11 is 0. The number of hydrogen-bond donors (Lipinski definition) is 3. The number of halogens is 1. The van der Waals surface area contributed by atoms with Crippen LogP contribution in [0.3, 0.4) is 0 Å². The van der Waals surface area contributed by atoms with Crippen molar-refractivity contribution in [2.45, 2.75) is 90.4 Å². The van der Waals surface area contributed by atoms with Crippen molar-refractivity contribution in [2.75, 3.05) is 6.54 Å².